The second-order valence-electron chi connectivity index (χ2n) is 6.72. The SMILES string of the molecule is Cc1ccc(S(=O)(=O)N(C)c2ccc(C(=O)Nc3ccccc3Cl)cc2C)cc1. The van der Waals surface area contributed by atoms with Crippen LogP contribution in [0.4, 0.5) is 11.4 Å². The van der Waals surface area contributed by atoms with E-state index in [-0.39, 0.29) is 10.8 Å². The van der Waals surface area contributed by atoms with Crippen molar-refractivity contribution in [2.45, 2.75) is 18.7 Å². The minimum absolute atomic E-state index is 0.213. The first kappa shape index (κ1) is 20.9. The molecule has 1 N–H and O–H groups in total. The lowest BCUT2D eigenvalue weighted by molar-refractivity contribution is 0.102. The van der Waals surface area contributed by atoms with Gasteiger partial charge in [-0.25, -0.2) is 8.42 Å². The summed E-state index contributed by atoms with van der Waals surface area (Å²) in [5.41, 5.74) is 3.07. The summed E-state index contributed by atoms with van der Waals surface area (Å²) < 4.78 is 27.1. The molecule has 0 aromatic heterocycles. The van der Waals surface area contributed by atoms with Crippen LogP contribution < -0.4 is 9.62 Å². The van der Waals surface area contributed by atoms with E-state index in [1.165, 1.54) is 11.4 Å². The Morgan fingerprint density at radius 3 is 2.24 bits per heavy atom. The molecule has 3 rings (SSSR count). The Morgan fingerprint density at radius 2 is 1.62 bits per heavy atom. The largest absolute Gasteiger partial charge is 0.321 e. The van der Waals surface area contributed by atoms with Crippen molar-refractivity contribution in [1.82, 2.24) is 0 Å². The van der Waals surface area contributed by atoms with Crippen LogP contribution in [0.15, 0.2) is 71.6 Å². The maximum Gasteiger partial charge on any atom is 0.264 e. The van der Waals surface area contributed by atoms with Crippen LogP contribution in [-0.4, -0.2) is 21.4 Å². The summed E-state index contributed by atoms with van der Waals surface area (Å²) in [7, 11) is -2.20. The fraction of sp³-hybridized carbons (Fsp3) is 0.136. The van der Waals surface area contributed by atoms with E-state index in [9.17, 15) is 13.2 Å². The molecular weight excluding hydrogens is 408 g/mol. The molecule has 0 atom stereocenters. The zero-order valence-electron chi connectivity index (χ0n) is 16.3. The van der Waals surface area contributed by atoms with Crippen molar-refractivity contribution in [1.29, 1.82) is 0 Å². The van der Waals surface area contributed by atoms with Crippen LogP contribution in [0.3, 0.4) is 0 Å². The van der Waals surface area contributed by atoms with Crippen molar-refractivity contribution < 1.29 is 13.2 Å². The van der Waals surface area contributed by atoms with Crippen LogP contribution in [0.25, 0.3) is 0 Å². The number of halogens is 1. The Kier molecular flexibility index (Phi) is 5.96. The summed E-state index contributed by atoms with van der Waals surface area (Å²) in [6, 6.07) is 18.5. The molecule has 7 heteroatoms. The Morgan fingerprint density at radius 1 is 0.966 bits per heavy atom. The summed E-state index contributed by atoms with van der Waals surface area (Å²) in [4.78, 5) is 12.8. The average Bonchev–Trinajstić information content (AvgIpc) is 2.69. The highest BCUT2D eigenvalue weighted by molar-refractivity contribution is 7.92. The van der Waals surface area contributed by atoms with E-state index in [1.807, 2.05) is 6.92 Å². The van der Waals surface area contributed by atoms with Crippen molar-refractivity contribution in [2.24, 2.45) is 0 Å². The van der Waals surface area contributed by atoms with Crippen molar-refractivity contribution in [3.05, 3.63) is 88.4 Å². The van der Waals surface area contributed by atoms with Crippen molar-refractivity contribution in [2.75, 3.05) is 16.7 Å². The second kappa shape index (κ2) is 8.27. The third-order valence-corrected chi connectivity index (χ3v) is 6.71. The standard InChI is InChI=1S/C22H21ClN2O3S/c1-15-8-11-18(12-9-15)29(27,28)25(3)21-13-10-17(14-16(21)2)22(26)24-20-7-5-4-6-19(20)23/h4-14H,1-3H3,(H,24,26). The monoisotopic (exact) mass is 428 g/mol. The van der Waals surface area contributed by atoms with Gasteiger partial charge in [0.2, 0.25) is 0 Å². The van der Waals surface area contributed by atoms with Gasteiger partial charge in [0, 0.05) is 12.6 Å². The molecule has 0 aliphatic carbocycles. The van der Waals surface area contributed by atoms with Crippen molar-refractivity contribution in [3.63, 3.8) is 0 Å². The number of carbonyl (C=O) groups excluding carboxylic acids is 1. The number of benzene rings is 3. The molecule has 1 amide bonds. The molecule has 0 aliphatic heterocycles. The highest BCUT2D eigenvalue weighted by Gasteiger charge is 2.23. The lowest BCUT2D eigenvalue weighted by Crippen LogP contribution is -2.27. The van der Waals surface area contributed by atoms with Crippen LogP contribution in [-0.2, 0) is 10.0 Å². The number of aryl methyl sites for hydroxylation is 2. The molecule has 0 aliphatic rings. The number of nitrogens with one attached hydrogen (secondary N) is 1. The number of hydrogen-bond acceptors (Lipinski definition) is 3. The van der Waals surface area contributed by atoms with Gasteiger partial charge < -0.3 is 5.32 Å². The molecule has 0 radical (unpaired) electrons. The van der Waals surface area contributed by atoms with Gasteiger partial charge in [-0.2, -0.15) is 0 Å². The molecule has 0 saturated heterocycles. The first-order valence-electron chi connectivity index (χ1n) is 8.92. The molecule has 3 aromatic rings. The molecule has 3 aromatic carbocycles. The normalized spacial score (nSPS) is 11.2. The Bertz CT molecular complexity index is 1160. The van der Waals surface area contributed by atoms with Gasteiger partial charge in [-0.1, -0.05) is 41.4 Å². The van der Waals surface area contributed by atoms with E-state index >= 15 is 0 Å². The minimum Gasteiger partial charge on any atom is -0.321 e. The lowest BCUT2D eigenvalue weighted by Gasteiger charge is -2.22. The fourth-order valence-electron chi connectivity index (χ4n) is 2.90. The van der Waals surface area contributed by atoms with E-state index < -0.39 is 10.0 Å². The lowest BCUT2D eigenvalue weighted by atomic mass is 10.1. The van der Waals surface area contributed by atoms with Crippen LogP contribution in [0.1, 0.15) is 21.5 Å². The molecule has 0 spiro atoms. The van der Waals surface area contributed by atoms with Crippen molar-refractivity contribution >= 4 is 38.9 Å². The molecule has 0 unspecified atom stereocenters. The van der Waals surface area contributed by atoms with Crippen LogP contribution in [0.2, 0.25) is 5.02 Å². The first-order valence-corrected chi connectivity index (χ1v) is 10.7. The van der Waals surface area contributed by atoms with Gasteiger partial charge in [0.15, 0.2) is 0 Å². The van der Waals surface area contributed by atoms with Crippen LogP contribution in [0, 0.1) is 13.8 Å². The predicted molar refractivity (Wildman–Crippen MR) is 117 cm³/mol. The zero-order valence-corrected chi connectivity index (χ0v) is 17.9. The number of rotatable bonds is 5. The summed E-state index contributed by atoms with van der Waals surface area (Å²) in [6.45, 7) is 3.67. The van der Waals surface area contributed by atoms with Gasteiger partial charge in [-0.3, -0.25) is 9.10 Å². The van der Waals surface area contributed by atoms with E-state index in [1.54, 1.807) is 73.7 Å². The smallest absolute Gasteiger partial charge is 0.264 e. The Labute approximate surface area is 176 Å². The summed E-state index contributed by atoms with van der Waals surface area (Å²) >= 11 is 6.08. The van der Waals surface area contributed by atoms with Gasteiger partial charge in [-0.05, 0) is 61.9 Å². The summed E-state index contributed by atoms with van der Waals surface area (Å²) in [5, 5.41) is 3.20. The van der Waals surface area contributed by atoms with Crippen LogP contribution in [0.5, 0.6) is 0 Å². The number of anilines is 2. The predicted octanol–water partition coefficient (Wildman–Crippen LogP) is 5.03. The third-order valence-electron chi connectivity index (χ3n) is 4.60. The van der Waals surface area contributed by atoms with E-state index in [2.05, 4.69) is 5.32 Å². The summed E-state index contributed by atoms with van der Waals surface area (Å²) in [6.07, 6.45) is 0. The van der Waals surface area contributed by atoms with Crippen molar-refractivity contribution in [3.8, 4) is 0 Å². The highest BCUT2D eigenvalue weighted by Crippen LogP contribution is 2.27. The quantitative estimate of drug-likeness (QED) is 0.619. The number of sulfonamides is 1. The highest BCUT2D eigenvalue weighted by atomic mass is 35.5. The number of hydrogen-bond donors (Lipinski definition) is 1. The Hall–Kier alpha value is -2.83. The Balaban J connectivity index is 1.86. The third kappa shape index (κ3) is 4.44. The van der Waals surface area contributed by atoms with Gasteiger partial charge in [0.1, 0.15) is 0 Å². The van der Waals surface area contributed by atoms with Crippen LogP contribution >= 0.6 is 11.6 Å². The molecule has 29 heavy (non-hydrogen) atoms. The topological polar surface area (TPSA) is 66.5 Å². The first-order chi connectivity index (χ1) is 13.7. The van der Waals surface area contributed by atoms with E-state index in [0.29, 0.717) is 27.5 Å². The van der Waals surface area contributed by atoms with Gasteiger partial charge in [-0.15, -0.1) is 0 Å². The van der Waals surface area contributed by atoms with Gasteiger partial charge >= 0.3 is 0 Å². The fourth-order valence-corrected chi connectivity index (χ4v) is 4.35. The molecule has 5 nitrogen and oxygen atoms in total. The van der Waals surface area contributed by atoms with E-state index in [0.717, 1.165) is 5.56 Å². The zero-order chi connectivity index (χ0) is 21.2. The molecule has 0 saturated carbocycles. The average molecular weight is 429 g/mol. The molecule has 0 bridgehead atoms. The molecular formula is C22H21ClN2O3S. The van der Waals surface area contributed by atoms with Gasteiger partial charge in [0.25, 0.3) is 15.9 Å². The number of nitrogens with zero attached hydrogens (tertiary/aromatic N) is 1. The minimum atomic E-state index is -3.70. The van der Waals surface area contributed by atoms with Gasteiger partial charge in [0.05, 0.1) is 21.3 Å². The molecule has 0 heterocycles. The number of amides is 1. The molecule has 150 valence electrons. The molecule has 0 fully saturated rings. The second-order valence-corrected chi connectivity index (χ2v) is 9.10. The van der Waals surface area contributed by atoms with E-state index in [4.69, 9.17) is 11.6 Å². The number of para-hydroxylation sites is 1. The summed E-state index contributed by atoms with van der Waals surface area (Å²) in [5.74, 6) is -0.322. The number of carbonyl (C=O) groups is 1. The maximum atomic E-state index is 12.9. The maximum absolute atomic E-state index is 12.9.